The van der Waals surface area contributed by atoms with Gasteiger partial charge in [0.15, 0.2) is 0 Å². The van der Waals surface area contributed by atoms with Crippen LogP contribution >= 0.6 is 0 Å². The van der Waals surface area contributed by atoms with Crippen LogP contribution in [0.1, 0.15) is 53.4 Å². The number of carbonyl (C=O) groups excluding carboxylic acids is 2. The van der Waals surface area contributed by atoms with Gasteiger partial charge in [0.25, 0.3) is 11.8 Å². The summed E-state index contributed by atoms with van der Waals surface area (Å²) in [5.74, 6) is 2.19. The second kappa shape index (κ2) is 6.11. The predicted octanol–water partition coefficient (Wildman–Crippen LogP) is 3.40. The number of nitrogens with zero attached hydrogens (tertiary/aromatic N) is 1. The summed E-state index contributed by atoms with van der Waals surface area (Å²) < 4.78 is 0. The smallest absolute Gasteiger partial charge is 0.253 e. The quantitative estimate of drug-likeness (QED) is 0.722. The maximum absolute atomic E-state index is 12.0. The largest absolute Gasteiger partial charge is 0.272 e. The maximum Gasteiger partial charge on any atom is 0.253 e. The first kappa shape index (κ1) is 15.3. The molecule has 1 fully saturated rings. The second-order valence-corrected chi connectivity index (χ2v) is 7.21. The maximum atomic E-state index is 12.0. The van der Waals surface area contributed by atoms with Crippen LogP contribution in [-0.4, -0.2) is 22.8 Å². The van der Waals surface area contributed by atoms with Gasteiger partial charge in [-0.2, -0.15) is 0 Å². The van der Waals surface area contributed by atoms with Crippen LogP contribution in [0.2, 0.25) is 0 Å². The molecule has 0 bridgehead atoms. The van der Waals surface area contributed by atoms with Gasteiger partial charge in [-0.15, -0.1) is 0 Å². The minimum absolute atomic E-state index is 0.112. The van der Waals surface area contributed by atoms with Crippen molar-refractivity contribution in [2.45, 2.75) is 59.4 Å². The molecule has 0 aromatic heterocycles. The van der Waals surface area contributed by atoms with Gasteiger partial charge in [0.1, 0.15) is 0 Å². The van der Waals surface area contributed by atoms with Crippen LogP contribution in [0.4, 0.5) is 0 Å². The Morgan fingerprint density at radius 3 is 2.05 bits per heavy atom. The highest BCUT2D eigenvalue weighted by molar-refractivity contribution is 6.13. The lowest BCUT2D eigenvalue weighted by Crippen LogP contribution is -2.43. The molecule has 3 nitrogen and oxygen atoms in total. The van der Waals surface area contributed by atoms with Gasteiger partial charge in [-0.05, 0) is 49.4 Å². The summed E-state index contributed by atoms with van der Waals surface area (Å²) in [4.78, 5) is 25.4. The van der Waals surface area contributed by atoms with E-state index in [1.165, 1.54) is 23.5 Å². The minimum atomic E-state index is -0.112. The molecule has 0 unspecified atom stereocenters. The van der Waals surface area contributed by atoms with E-state index in [2.05, 4.69) is 27.7 Å². The van der Waals surface area contributed by atoms with Crippen LogP contribution < -0.4 is 0 Å². The first-order valence-corrected chi connectivity index (χ1v) is 7.95. The van der Waals surface area contributed by atoms with Crippen LogP contribution in [0.15, 0.2) is 12.2 Å². The van der Waals surface area contributed by atoms with Gasteiger partial charge in [0.05, 0.1) is 0 Å². The van der Waals surface area contributed by atoms with E-state index in [1.807, 2.05) is 0 Å². The fourth-order valence-electron chi connectivity index (χ4n) is 3.98. The highest BCUT2D eigenvalue weighted by Gasteiger charge is 2.43. The third-order valence-electron chi connectivity index (χ3n) is 4.63. The summed E-state index contributed by atoms with van der Waals surface area (Å²) in [6.07, 6.45) is 7.29. The summed E-state index contributed by atoms with van der Waals surface area (Å²) >= 11 is 0. The first-order chi connectivity index (χ1) is 9.40. The molecular weight excluding hydrogens is 250 g/mol. The highest BCUT2D eigenvalue weighted by atomic mass is 16.2. The van der Waals surface area contributed by atoms with Crippen LogP contribution in [0.25, 0.3) is 0 Å². The predicted molar refractivity (Wildman–Crippen MR) is 79.9 cm³/mol. The van der Waals surface area contributed by atoms with Crippen LogP contribution in [-0.2, 0) is 9.59 Å². The summed E-state index contributed by atoms with van der Waals surface area (Å²) in [7, 11) is 0. The lowest BCUT2D eigenvalue weighted by atomic mass is 9.81. The van der Waals surface area contributed by atoms with Crippen molar-refractivity contribution >= 4 is 11.8 Å². The second-order valence-electron chi connectivity index (χ2n) is 7.21. The summed E-state index contributed by atoms with van der Waals surface area (Å²) in [6, 6.07) is 0.121. The molecule has 1 aliphatic carbocycles. The molecule has 0 aromatic rings. The average molecular weight is 277 g/mol. The zero-order chi connectivity index (χ0) is 14.9. The molecule has 3 heteroatoms. The molecular formula is C17H27NO2. The van der Waals surface area contributed by atoms with Crippen LogP contribution in [0, 0.1) is 23.7 Å². The van der Waals surface area contributed by atoms with E-state index in [0.29, 0.717) is 23.7 Å². The molecule has 2 aliphatic rings. The molecule has 112 valence electrons. The third kappa shape index (κ3) is 3.13. The Morgan fingerprint density at radius 1 is 1.00 bits per heavy atom. The Morgan fingerprint density at radius 2 is 1.55 bits per heavy atom. The number of imide groups is 1. The topological polar surface area (TPSA) is 37.4 Å². The van der Waals surface area contributed by atoms with Crippen molar-refractivity contribution in [3.05, 3.63) is 12.2 Å². The number of rotatable bonds is 5. The molecule has 0 aromatic carbocycles. The van der Waals surface area contributed by atoms with E-state index in [4.69, 9.17) is 0 Å². The van der Waals surface area contributed by atoms with Crippen molar-refractivity contribution in [2.24, 2.45) is 23.7 Å². The molecule has 0 spiro atoms. The van der Waals surface area contributed by atoms with Gasteiger partial charge >= 0.3 is 0 Å². The van der Waals surface area contributed by atoms with E-state index in [1.54, 1.807) is 0 Å². The molecule has 1 saturated carbocycles. The molecule has 3 atom stereocenters. The van der Waals surface area contributed by atoms with Gasteiger partial charge in [0.2, 0.25) is 0 Å². The fourth-order valence-corrected chi connectivity index (χ4v) is 3.98. The average Bonchev–Trinajstić information content (AvgIpc) is 2.84. The third-order valence-corrected chi connectivity index (χ3v) is 4.63. The monoisotopic (exact) mass is 277 g/mol. The standard InChI is InChI=1S/C17H27NO2/c1-11(2)9-13-5-6-15(14(13)10-12(3)4)18-16(19)7-8-17(18)20/h7-8,11-15H,5-6,9-10H2,1-4H3/t13-,14-,15-/m0/s1. The lowest BCUT2D eigenvalue weighted by molar-refractivity contribution is -0.140. The molecule has 1 aliphatic heterocycles. The Hall–Kier alpha value is -1.12. The normalized spacial score (nSPS) is 30.3. The number of hydrogen-bond acceptors (Lipinski definition) is 2. The zero-order valence-electron chi connectivity index (χ0n) is 13.1. The van der Waals surface area contributed by atoms with Crippen molar-refractivity contribution in [2.75, 3.05) is 0 Å². The van der Waals surface area contributed by atoms with Crippen molar-refractivity contribution in [1.82, 2.24) is 4.90 Å². The molecule has 2 rings (SSSR count). The number of hydrogen-bond donors (Lipinski definition) is 0. The highest BCUT2D eigenvalue weighted by Crippen LogP contribution is 2.43. The minimum Gasteiger partial charge on any atom is -0.272 e. The molecule has 0 radical (unpaired) electrons. The van der Waals surface area contributed by atoms with E-state index in [0.717, 1.165) is 19.3 Å². The Kier molecular flexibility index (Phi) is 4.66. The lowest BCUT2D eigenvalue weighted by Gasteiger charge is -2.32. The molecule has 0 N–H and O–H groups in total. The van der Waals surface area contributed by atoms with Gasteiger partial charge in [-0.25, -0.2) is 0 Å². The summed E-state index contributed by atoms with van der Waals surface area (Å²) in [6.45, 7) is 8.97. The SMILES string of the molecule is CC(C)C[C@@H]1CC[C@H](N2C(=O)C=CC2=O)[C@H]1CC(C)C. The number of amides is 2. The number of carbonyl (C=O) groups is 2. The van der Waals surface area contributed by atoms with Crippen LogP contribution in [0.5, 0.6) is 0 Å². The van der Waals surface area contributed by atoms with E-state index < -0.39 is 0 Å². The summed E-state index contributed by atoms with van der Waals surface area (Å²) in [5.41, 5.74) is 0. The fraction of sp³-hybridized carbons (Fsp3) is 0.765. The Labute approximate surface area is 122 Å². The van der Waals surface area contributed by atoms with E-state index >= 15 is 0 Å². The summed E-state index contributed by atoms with van der Waals surface area (Å²) in [5, 5.41) is 0. The molecule has 1 heterocycles. The van der Waals surface area contributed by atoms with Gasteiger partial charge in [-0.1, -0.05) is 27.7 Å². The molecule has 2 amide bonds. The first-order valence-electron chi connectivity index (χ1n) is 7.95. The van der Waals surface area contributed by atoms with Crippen molar-refractivity contribution in [3.63, 3.8) is 0 Å². The van der Waals surface area contributed by atoms with Crippen molar-refractivity contribution < 1.29 is 9.59 Å². The van der Waals surface area contributed by atoms with Crippen molar-refractivity contribution in [1.29, 1.82) is 0 Å². The Bertz CT molecular complexity index is 393. The molecule has 20 heavy (non-hydrogen) atoms. The Balaban J connectivity index is 2.15. The van der Waals surface area contributed by atoms with Gasteiger partial charge in [-0.3, -0.25) is 14.5 Å². The van der Waals surface area contributed by atoms with Gasteiger partial charge < -0.3 is 0 Å². The van der Waals surface area contributed by atoms with E-state index in [9.17, 15) is 9.59 Å². The van der Waals surface area contributed by atoms with E-state index in [-0.39, 0.29) is 17.9 Å². The van der Waals surface area contributed by atoms with Crippen molar-refractivity contribution in [3.8, 4) is 0 Å². The van der Waals surface area contributed by atoms with Gasteiger partial charge in [0, 0.05) is 18.2 Å². The zero-order valence-corrected chi connectivity index (χ0v) is 13.1. The van der Waals surface area contributed by atoms with Crippen LogP contribution in [0.3, 0.4) is 0 Å². The molecule has 0 saturated heterocycles.